The number of fused-ring (bicyclic) bond motifs is 1. The molecule has 0 unspecified atom stereocenters. The average Bonchev–Trinajstić information content (AvgIpc) is 3.15. The first-order valence-electron chi connectivity index (χ1n) is 9.16. The minimum Gasteiger partial charge on any atom is -0.454 e. The van der Waals surface area contributed by atoms with Crippen molar-refractivity contribution in [2.24, 2.45) is 0 Å². The molecule has 0 radical (unpaired) electrons. The topological polar surface area (TPSA) is 134 Å². The number of carbonyl (C=O) groups is 3. The lowest BCUT2D eigenvalue weighted by molar-refractivity contribution is -0.150. The van der Waals surface area contributed by atoms with E-state index in [1.54, 1.807) is 18.2 Å². The standard InChI is InChI=1S/C18H24N4O7S/c1-18(10-22(30(3,26)27)9-16(24)21(18)2)17(25)20-8-15(23)19-7-12-4-5-13-14(6-12)29-11-28-13/h4-6H,7-11H2,1-3H3,(H,19,23)(H,20,25)/t18-/m1/s1. The fourth-order valence-corrected chi connectivity index (χ4v) is 3.99. The zero-order valence-electron chi connectivity index (χ0n) is 16.9. The molecule has 0 aromatic heterocycles. The summed E-state index contributed by atoms with van der Waals surface area (Å²) in [5.74, 6) is -0.320. The molecule has 11 nitrogen and oxygen atoms in total. The fraction of sp³-hybridized carbons (Fsp3) is 0.500. The van der Waals surface area contributed by atoms with Gasteiger partial charge in [-0.2, -0.15) is 4.31 Å². The molecule has 2 aliphatic rings. The third kappa shape index (κ3) is 4.49. The SMILES string of the molecule is CN1C(=O)CN(S(C)(=O)=O)C[C@]1(C)C(=O)NCC(=O)NCc1ccc2c(c1)OCO2. The second kappa shape index (κ2) is 8.11. The summed E-state index contributed by atoms with van der Waals surface area (Å²) in [5, 5.41) is 5.16. The molecule has 0 spiro atoms. The van der Waals surface area contributed by atoms with Crippen LogP contribution in [-0.4, -0.2) is 80.6 Å². The Bertz CT molecular complexity index is 981. The molecule has 3 amide bonds. The summed E-state index contributed by atoms with van der Waals surface area (Å²) in [6, 6.07) is 5.29. The van der Waals surface area contributed by atoms with Crippen LogP contribution < -0.4 is 20.1 Å². The summed E-state index contributed by atoms with van der Waals surface area (Å²) in [4.78, 5) is 38.3. The second-order valence-electron chi connectivity index (χ2n) is 7.40. The molecule has 1 saturated heterocycles. The maximum atomic E-state index is 12.7. The van der Waals surface area contributed by atoms with E-state index in [4.69, 9.17) is 9.47 Å². The van der Waals surface area contributed by atoms with Gasteiger partial charge < -0.3 is 25.0 Å². The number of likely N-dealkylation sites (N-methyl/N-ethyl adjacent to an activating group) is 1. The lowest BCUT2D eigenvalue weighted by Crippen LogP contribution is -2.68. The van der Waals surface area contributed by atoms with Crippen LogP contribution in [0.1, 0.15) is 12.5 Å². The van der Waals surface area contributed by atoms with Crippen LogP contribution in [0.5, 0.6) is 11.5 Å². The molecule has 1 atom stereocenters. The minimum atomic E-state index is -3.65. The summed E-state index contributed by atoms with van der Waals surface area (Å²) >= 11 is 0. The highest BCUT2D eigenvalue weighted by Gasteiger charge is 2.47. The number of piperazine rings is 1. The third-order valence-electron chi connectivity index (χ3n) is 5.20. The Balaban J connectivity index is 1.55. The first kappa shape index (κ1) is 21.8. The van der Waals surface area contributed by atoms with E-state index >= 15 is 0 Å². The largest absolute Gasteiger partial charge is 0.454 e. The third-order valence-corrected chi connectivity index (χ3v) is 6.40. The van der Waals surface area contributed by atoms with E-state index < -0.39 is 33.3 Å². The van der Waals surface area contributed by atoms with E-state index in [9.17, 15) is 22.8 Å². The summed E-state index contributed by atoms with van der Waals surface area (Å²) in [5.41, 5.74) is -0.636. The lowest BCUT2D eigenvalue weighted by atomic mass is 9.96. The number of carbonyl (C=O) groups excluding carboxylic acids is 3. The van der Waals surface area contributed by atoms with Crippen molar-refractivity contribution >= 4 is 27.7 Å². The number of benzene rings is 1. The Kier molecular flexibility index (Phi) is 5.90. The van der Waals surface area contributed by atoms with Crippen LogP contribution in [0.2, 0.25) is 0 Å². The van der Waals surface area contributed by atoms with Gasteiger partial charge in [-0.25, -0.2) is 8.42 Å². The molecular weight excluding hydrogens is 416 g/mol. The summed E-state index contributed by atoms with van der Waals surface area (Å²) in [7, 11) is -2.22. The van der Waals surface area contributed by atoms with E-state index in [0.29, 0.717) is 11.5 Å². The first-order chi connectivity index (χ1) is 14.0. The van der Waals surface area contributed by atoms with Gasteiger partial charge in [0, 0.05) is 20.1 Å². The zero-order valence-corrected chi connectivity index (χ0v) is 17.7. The van der Waals surface area contributed by atoms with Gasteiger partial charge in [-0.1, -0.05) is 6.07 Å². The second-order valence-corrected chi connectivity index (χ2v) is 9.39. The molecular formula is C18H24N4O7S. The maximum Gasteiger partial charge on any atom is 0.247 e. The summed E-state index contributed by atoms with van der Waals surface area (Å²) < 4.78 is 35.2. The predicted molar refractivity (Wildman–Crippen MR) is 105 cm³/mol. The van der Waals surface area contributed by atoms with Crippen LogP contribution in [-0.2, 0) is 31.0 Å². The molecule has 0 bridgehead atoms. The van der Waals surface area contributed by atoms with Gasteiger partial charge in [0.25, 0.3) is 0 Å². The van der Waals surface area contributed by atoms with Gasteiger partial charge in [0.1, 0.15) is 5.54 Å². The normalized spacial score (nSPS) is 21.4. The Morgan fingerprint density at radius 2 is 1.90 bits per heavy atom. The molecule has 2 heterocycles. The molecule has 2 aliphatic heterocycles. The highest BCUT2D eigenvalue weighted by atomic mass is 32.2. The van der Waals surface area contributed by atoms with Gasteiger partial charge in [-0.15, -0.1) is 0 Å². The number of rotatable bonds is 6. The maximum absolute atomic E-state index is 12.7. The van der Waals surface area contributed by atoms with Gasteiger partial charge in [-0.05, 0) is 24.6 Å². The number of sulfonamides is 1. The molecule has 1 aromatic rings. The predicted octanol–water partition coefficient (Wildman–Crippen LogP) is -1.36. The Morgan fingerprint density at radius 1 is 1.20 bits per heavy atom. The Morgan fingerprint density at radius 3 is 2.60 bits per heavy atom. The van der Waals surface area contributed by atoms with Crippen molar-refractivity contribution in [2.45, 2.75) is 19.0 Å². The van der Waals surface area contributed by atoms with Crippen molar-refractivity contribution in [3.05, 3.63) is 23.8 Å². The van der Waals surface area contributed by atoms with Crippen molar-refractivity contribution in [1.82, 2.24) is 19.8 Å². The fourth-order valence-electron chi connectivity index (χ4n) is 3.16. The average molecular weight is 440 g/mol. The van der Waals surface area contributed by atoms with Gasteiger partial charge in [0.15, 0.2) is 11.5 Å². The van der Waals surface area contributed by atoms with E-state index in [1.807, 2.05) is 0 Å². The van der Waals surface area contributed by atoms with Gasteiger partial charge in [0.2, 0.25) is 34.5 Å². The summed E-state index contributed by atoms with van der Waals surface area (Å²) in [6.45, 7) is 1.00. The summed E-state index contributed by atoms with van der Waals surface area (Å²) in [6.07, 6.45) is 0.980. The van der Waals surface area contributed by atoms with Crippen LogP contribution in [0.15, 0.2) is 18.2 Å². The highest BCUT2D eigenvalue weighted by Crippen LogP contribution is 2.32. The first-order valence-corrected chi connectivity index (χ1v) is 11.0. The van der Waals surface area contributed by atoms with Crippen molar-refractivity contribution in [1.29, 1.82) is 0 Å². The molecule has 1 fully saturated rings. The van der Waals surface area contributed by atoms with E-state index in [1.165, 1.54) is 18.9 Å². The van der Waals surface area contributed by atoms with Gasteiger partial charge >= 0.3 is 0 Å². The van der Waals surface area contributed by atoms with Crippen LogP contribution >= 0.6 is 0 Å². The monoisotopic (exact) mass is 440 g/mol. The number of amides is 3. The van der Waals surface area contributed by atoms with Crippen LogP contribution in [0.4, 0.5) is 0 Å². The molecule has 30 heavy (non-hydrogen) atoms. The minimum absolute atomic E-state index is 0.156. The van der Waals surface area contributed by atoms with E-state index in [0.717, 1.165) is 16.1 Å². The molecule has 12 heteroatoms. The molecule has 2 N–H and O–H groups in total. The van der Waals surface area contributed by atoms with Crippen molar-refractivity contribution in [2.75, 3.05) is 39.7 Å². The number of hydrogen-bond donors (Lipinski definition) is 2. The Hall–Kier alpha value is -2.86. The number of hydrogen-bond acceptors (Lipinski definition) is 7. The van der Waals surface area contributed by atoms with Crippen LogP contribution in [0, 0.1) is 0 Å². The Labute approximate surface area is 174 Å². The number of nitrogens with zero attached hydrogens (tertiary/aromatic N) is 2. The van der Waals surface area contributed by atoms with Gasteiger partial charge in [0.05, 0.1) is 19.3 Å². The van der Waals surface area contributed by atoms with Crippen molar-refractivity contribution in [3.63, 3.8) is 0 Å². The lowest BCUT2D eigenvalue weighted by Gasteiger charge is -2.44. The van der Waals surface area contributed by atoms with Crippen molar-refractivity contribution < 1.29 is 32.3 Å². The van der Waals surface area contributed by atoms with Gasteiger partial charge in [-0.3, -0.25) is 14.4 Å². The van der Waals surface area contributed by atoms with Crippen LogP contribution in [0.25, 0.3) is 0 Å². The molecule has 3 rings (SSSR count). The molecule has 164 valence electrons. The quantitative estimate of drug-likeness (QED) is 0.558. The smallest absolute Gasteiger partial charge is 0.247 e. The zero-order chi connectivity index (χ0) is 22.1. The molecule has 1 aromatic carbocycles. The number of nitrogens with one attached hydrogen (secondary N) is 2. The molecule has 0 aliphatic carbocycles. The van der Waals surface area contributed by atoms with Crippen LogP contribution in [0.3, 0.4) is 0 Å². The highest BCUT2D eigenvalue weighted by molar-refractivity contribution is 7.88. The van der Waals surface area contributed by atoms with E-state index in [2.05, 4.69) is 10.6 Å². The molecule has 0 saturated carbocycles. The van der Waals surface area contributed by atoms with E-state index in [-0.39, 0.29) is 33.0 Å². The van der Waals surface area contributed by atoms with Crippen molar-refractivity contribution in [3.8, 4) is 11.5 Å². The number of ether oxygens (including phenoxy) is 2.